The Kier molecular flexibility index (Phi) is 4.56. The van der Waals surface area contributed by atoms with E-state index in [-0.39, 0.29) is 0 Å². The SMILES string of the molecule is O=P1(c2ccc3ccccc3c2)c2ccccc2-c2ccc3ccccc3c2-c2c1ccc1ccccc21. The van der Waals surface area contributed by atoms with Gasteiger partial charge < -0.3 is 4.57 Å². The first-order valence-corrected chi connectivity index (χ1v) is 14.7. The molecule has 38 heavy (non-hydrogen) atoms. The molecule has 0 saturated heterocycles. The maximum absolute atomic E-state index is 16.0. The average molecular weight is 503 g/mol. The molecular weight excluding hydrogens is 479 g/mol. The summed E-state index contributed by atoms with van der Waals surface area (Å²) in [7, 11) is -3.26. The van der Waals surface area contributed by atoms with E-state index in [1.807, 2.05) is 18.2 Å². The average Bonchev–Trinajstić information content (AvgIpc) is 3.09. The van der Waals surface area contributed by atoms with Crippen LogP contribution in [0.5, 0.6) is 0 Å². The minimum absolute atomic E-state index is 0.872. The highest BCUT2D eigenvalue weighted by atomic mass is 31.2. The van der Waals surface area contributed by atoms with Crippen LogP contribution in [-0.2, 0) is 4.57 Å². The molecule has 0 radical (unpaired) electrons. The van der Waals surface area contributed by atoms with Crippen molar-refractivity contribution in [2.24, 2.45) is 0 Å². The van der Waals surface area contributed by atoms with Gasteiger partial charge in [-0.1, -0.05) is 127 Å². The molecule has 0 bridgehead atoms. The molecule has 1 unspecified atom stereocenters. The van der Waals surface area contributed by atoms with Gasteiger partial charge in [-0.15, -0.1) is 0 Å². The predicted molar refractivity (Wildman–Crippen MR) is 163 cm³/mol. The molecule has 0 spiro atoms. The highest BCUT2D eigenvalue weighted by molar-refractivity contribution is 7.86. The van der Waals surface area contributed by atoms with E-state index >= 15 is 4.57 Å². The van der Waals surface area contributed by atoms with Gasteiger partial charge >= 0.3 is 0 Å². The molecule has 0 aromatic heterocycles. The summed E-state index contributed by atoms with van der Waals surface area (Å²) >= 11 is 0. The van der Waals surface area contributed by atoms with Gasteiger partial charge in [0, 0.05) is 21.5 Å². The smallest absolute Gasteiger partial charge is 0.172 e. The molecule has 1 nitrogen and oxygen atoms in total. The zero-order valence-electron chi connectivity index (χ0n) is 20.6. The summed E-state index contributed by atoms with van der Waals surface area (Å²) in [4.78, 5) is 0. The van der Waals surface area contributed by atoms with Crippen LogP contribution in [0.2, 0.25) is 0 Å². The normalized spacial score (nSPS) is 16.1. The molecule has 0 aliphatic carbocycles. The van der Waals surface area contributed by atoms with Gasteiger partial charge in [0.05, 0.1) is 0 Å². The van der Waals surface area contributed by atoms with E-state index < -0.39 is 7.14 Å². The van der Waals surface area contributed by atoms with E-state index in [9.17, 15) is 0 Å². The third kappa shape index (κ3) is 2.91. The second kappa shape index (κ2) is 8.02. The Morgan fingerprint density at radius 2 is 0.974 bits per heavy atom. The highest BCUT2D eigenvalue weighted by Crippen LogP contribution is 2.54. The van der Waals surface area contributed by atoms with Crippen molar-refractivity contribution >= 4 is 55.4 Å². The van der Waals surface area contributed by atoms with Crippen LogP contribution < -0.4 is 15.9 Å². The van der Waals surface area contributed by atoms with Crippen molar-refractivity contribution < 1.29 is 4.57 Å². The van der Waals surface area contributed by atoms with Gasteiger partial charge in [0.25, 0.3) is 0 Å². The van der Waals surface area contributed by atoms with Gasteiger partial charge in [0.2, 0.25) is 0 Å². The monoisotopic (exact) mass is 502 g/mol. The van der Waals surface area contributed by atoms with Crippen molar-refractivity contribution in [1.29, 1.82) is 0 Å². The van der Waals surface area contributed by atoms with Gasteiger partial charge in [-0.3, -0.25) is 0 Å². The van der Waals surface area contributed by atoms with E-state index in [2.05, 4.69) is 121 Å². The summed E-state index contributed by atoms with van der Waals surface area (Å²) in [5, 5.41) is 9.60. The first kappa shape index (κ1) is 21.6. The van der Waals surface area contributed by atoms with Gasteiger partial charge in [0.1, 0.15) is 0 Å². The quantitative estimate of drug-likeness (QED) is 0.206. The molecule has 0 N–H and O–H groups in total. The lowest BCUT2D eigenvalue weighted by atomic mass is 9.87. The lowest BCUT2D eigenvalue weighted by molar-refractivity contribution is 0.592. The molecule has 2 heteroatoms. The zero-order chi connectivity index (χ0) is 25.3. The molecule has 178 valence electrons. The van der Waals surface area contributed by atoms with Crippen LogP contribution in [0.1, 0.15) is 0 Å². The summed E-state index contributed by atoms with van der Waals surface area (Å²) in [5.74, 6) is 0. The number of benzene rings is 7. The highest BCUT2D eigenvalue weighted by Gasteiger charge is 2.38. The Labute approximate surface area is 221 Å². The van der Waals surface area contributed by atoms with E-state index in [1.165, 1.54) is 16.3 Å². The molecule has 1 heterocycles. The molecule has 1 atom stereocenters. The summed E-state index contributed by atoms with van der Waals surface area (Å²) in [6.07, 6.45) is 0. The molecule has 1 aliphatic rings. The van der Waals surface area contributed by atoms with Crippen LogP contribution in [0.25, 0.3) is 54.6 Å². The third-order valence-electron chi connectivity index (χ3n) is 8.06. The second-order valence-electron chi connectivity index (χ2n) is 10.0. The van der Waals surface area contributed by atoms with Gasteiger partial charge in [-0.2, -0.15) is 0 Å². The molecule has 1 aliphatic heterocycles. The molecular formula is C36H23OP. The Hall–Kier alpha value is -4.45. The zero-order valence-corrected chi connectivity index (χ0v) is 21.5. The maximum Gasteiger partial charge on any atom is 0.172 e. The largest absolute Gasteiger partial charge is 0.309 e. The lowest BCUT2D eigenvalue weighted by Crippen LogP contribution is -2.26. The molecule has 7 aromatic rings. The minimum Gasteiger partial charge on any atom is -0.309 e. The number of fused-ring (bicyclic) bond motifs is 10. The number of hydrogen-bond donors (Lipinski definition) is 0. The minimum atomic E-state index is -3.26. The summed E-state index contributed by atoms with van der Waals surface area (Å²) in [5.41, 5.74) is 4.43. The Morgan fingerprint density at radius 1 is 0.395 bits per heavy atom. The van der Waals surface area contributed by atoms with Crippen LogP contribution in [-0.4, -0.2) is 0 Å². The second-order valence-corrected chi connectivity index (χ2v) is 12.7. The van der Waals surface area contributed by atoms with Crippen molar-refractivity contribution in [3.05, 3.63) is 140 Å². The molecule has 0 saturated carbocycles. The molecule has 0 amide bonds. The van der Waals surface area contributed by atoms with Crippen molar-refractivity contribution in [3.63, 3.8) is 0 Å². The van der Waals surface area contributed by atoms with Crippen LogP contribution in [0.4, 0.5) is 0 Å². The van der Waals surface area contributed by atoms with Gasteiger partial charge in [-0.05, 0) is 61.1 Å². The maximum atomic E-state index is 16.0. The van der Waals surface area contributed by atoms with Crippen LogP contribution in [0.15, 0.2) is 140 Å². The fourth-order valence-electron chi connectivity index (χ4n) is 6.31. The van der Waals surface area contributed by atoms with Crippen molar-refractivity contribution in [2.45, 2.75) is 0 Å². The van der Waals surface area contributed by atoms with Crippen molar-refractivity contribution in [1.82, 2.24) is 0 Å². The molecule has 8 rings (SSSR count). The number of hydrogen-bond acceptors (Lipinski definition) is 1. The summed E-state index contributed by atoms with van der Waals surface area (Å²) < 4.78 is 16.0. The summed E-state index contributed by atoms with van der Waals surface area (Å²) in [6.45, 7) is 0. The van der Waals surface area contributed by atoms with E-state index in [0.717, 1.165) is 54.1 Å². The van der Waals surface area contributed by atoms with Crippen molar-refractivity contribution in [2.75, 3.05) is 0 Å². The molecule has 0 fully saturated rings. The first-order valence-electron chi connectivity index (χ1n) is 13.0. The van der Waals surface area contributed by atoms with E-state index in [0.29, 0.717) is 0 Å². The summed E-state index contributed by atoms with van der Waals surface area (Å²) in [6, 6.07) is 48.7. The fourth-order valence-corrected chi connectivity index (χ4v) is 9.39. The van der Waals surface area contributed by atoms with E-state index in [4.69, 9.17) is 0 Å². The Bertz CT molecular complexity index is 2120. The van der Waals surface area contributed by atoms with Crippen LogP contribution in [0, 0.1) is 0 Å². The standard InChI is InChI=1S/C36H23OP/c37-38(28-20-17-24-9-1-2-12-27(24)23-28)33-16-8-7-15-31(33)32-21-18-25-10-3-5-13-29(25)35(32)36-30-14-6-4-11-26(30)19-22-34(36)38/h1-23H. The first-order chi connectivity index (χ1) is 18.7. The Morgan fingerprint density at radius 3 is 1.76 bits per heavy atom. The Balaban J connectivity index is 1.62. The number of rotatable bonds is 1. The van der Waals surface area contributed by atoms with Crippen LogP contribution >= 0.6 is 7.14 Å². The molecule has 7 aromatic carbocycles. The van der Waals surface area contributed by atoms with E-state index in [1.54, 1.807) is 0 Å². The topological polar surface area (TPSA) is 17.1 Å². The van der Waals surface area contributed by atoms with Gasteiger partial charge in [-0.25, -0.2) is 0 Å². The fraction of sp³-hybridized carbons (Fsp3) is 0. The predicted octanol–water partition coefficient (Wildman–Crippen LogP) is 8.43. The van der Waals surface area contributed by atoms with Gasteiger partial charge in [0.15, 0.2) is 7.14 Å². The van der Waals surface area contributed by atoms with Crippen molar-refractivity contribution in [3.8, 4) is 22.3 Å². The lowest BCUT2D eigenvalue weighted by Gasteiger charge is -2.23. The van der Waals surface area contributed by atoms with Crippen LogP contribution in [0.3, 0.4) is 0 Å². The third-order valence-corrected chi connectivity index (χ3v) is 11.2.